The third-order valence-electron chi connectivity index (χ3n) is 4.88. The molecule has 1 atom stereocenters. The Morgan fingerprint density at radius 1 is 1.38 bits per heavy atom. The smallest absolute Gasteiger partial charge is 0.261 e. The molecular formula is C18H29N3O2S. The lowest BCUT2D eigenvalue weighted by molar-refractivity contribution is -0.128. The highest BCUT2D eigenvalue weighted by Crippen LogP contribution is 2.16. The SMILES string of the molecule is CCC(C)(C)NC(=O)C(C)N1CCC(NC(=O)c2cccs2)CC1. The van der Waals surface area contributed by atoms with Gasteiger partial charge in [-0.05, 0) is 51.5 Å². The summed E-state index contributed by atoms with van der Waals surface area (Å²) in [4.78, 5) is 27.5. The fraction of sp³-hybridized carbons (Fsp3) is 0.667. The first-order chi connectivity index (χ1) is 11.3. The van der Waals surface area contributed by atoms with Gasteiger partial charge in [-0.15, -0.1) is 11.3 Å². The van der Waals surface area contributed by atoms with E-state index in [0.717, 1.165) is 37.2 Å². The van der Waals surface area contributed by atoms with Crippen molar-refractivity contribution in [1.82, 2.24) is 15.5 Å². The first-order valence-corrected chi connectivity index (χ1v) is 9.61. The number of hydrogen-bond donors (Lipinski definition) is 2. The number of piperidine rings is 1. The molecule has 2 rings (SSSR count). The summed E-state index contributed by atoms with van der Waals surface area (Å²) in [5.41, 5.74) is -0.168. The topological polar surface area (TPSA) is 61.4 Å². The number of likely N-dealkylation sites (tertiary alicyclic amines) is 1. The number of amides is 2. The van der Waals surface area contributed by atoms with Gasteiger partial charge in [0.1, 0.15) is 0 Å². The van der Waals surface area contributed by atoms with Gasteiger partial charge < -0.3 is 10.6 Å². The molecule has 1 aliphatic rings. The summed E-state index contributed by atoms with van der Waals surface area (Å²) >= 11 is 1.46. The molecule has 2 N–H and O–H groups in total. The van der Waals surface area contributed by atoms with E-state index in [-0.39, 0.29) is 29.4 Å². The first kappa shape index (κ1) is 18.9. The van der Waals surface area contributed by atoms with Crippen LogP contribution >= 0.6 is 11.3 Å². The van der Waals surface area contributed by atoms with E-state index in [2.05, 4.69) is 22.5 Å². The van der Waals surface area contributed by atoms with Gasteiger partial charge in [0.25, 0.3) is 5.91 Å². The van der Waals surface area contributed by atoms with Gasteiger partial charge >= 0.3 is 0 Å². The Kier molecular flexibility index (Phi) is 6.40. The van der Waals surface area contributed by atoms with E-state index in [0.29, 0.717) is 0 Å². The van der Waals surface area contributed by atoms with Gasteiger partial charge in [-0.1, -0.05) is 13.0 Å². The Labute approximate surface area is 148 Å². The second kappa shape index (κ2) is 8.12. The highest BCUT2D eigenvalue weighted by molar-refractivity contribution is 7.12. The summed E-state index contributed by atoms with van der Waals surface area (Å²) in [5.74, 6) is 0.0989. The zero-order chi connectivity index (χ0) is 17.7. The minimum Gasteiger partial charge on any atom is -0.350 e. The number of carbonyl (C=O) groups excluding carboxylic acids is 2. The maximum atomic E-state index is 12.4. The first-order valence-electron chi connectivity index (χ1n) is 8.73. The van der Waals surface area contributed by atoms with Crippen LogP contribution in [0.15, 0.2) is 17.5 Å². The van der Waals surface area contributed by atoms with Crippen LogP contribution in [0.1, 0.15) is 56.6 Å². The summed E-state index contributed by atoms with van der Waals surface area (Å²) < 4.78 is 0. The molecule has 134 valence electrons. The van der Waals surface area contributed by atoms with Crippen LogP contribution < -0.4 is 10.6 Å². The van der Waals surface area contributed by atoms with Gasteiger partial charge in [0.05, 0.1) is 10.9 Å². The second-order valence-corrected chi connectivity index (χ2v) is 8.11. The maximum Gasteiger partial charge on any atom is 0.261 e. The maximum absolute atomic E-state index is 12.4. The van der Waals surface area contributed by atoms with Crippen molar-refractivity contribution in [2.24, 2.45) is 0 Å². The van der Waals surface area contributed by atoms with Crippen LogP contribution in [0.2, 0.25) is 0 Å². The molecule has 6 heteroatoms. The lowest BCUT2D eigenvalue weighted by Gasteiger charge is -2.37. The fourth-order valence-corrected chi connectivity index (χ4v) is 3.41. The number of nitrogens with zero attached hydrogens (tertiary/aromatic N) is 1. The average Bonchev–Trinajstić information content (AvgIpc) is 3.09. The van der Waals surface area contributed by atoms with Crippen molar-refractivity contribution in [1.29, 1.82) is 0 Å². The predicted molar refractivity (Wildman–Crippen MR) is 98.4 cm³/mol. The Balaban J connectivity index is 1.79. The number of hydrogen-bond acceptors (Lipinski definition) is 4. The van der Waals surface area contributed by atoms with Gasteiger partial charge in [-0.25, -0.2) is 0 Å². The second-order valence-electron chi connectivity index (χ2n) is 7.16. The standard InChI is InChI=1S/C18H29N3O2S/c1-5-18(3,4)20-16(22)13(2)21-10-8-14(9-11-21)19-17(23)15-7-6-12-24-15/h6-7,12-14H,5,8-11H2,1-4H3,(H,19,23)(H,20,22). The number of carbonyl (C=O) groups is 2. The Bertz CT molecular complexity index is 549. The zero-order valence-corrected chi connectivity index (χ0v) is 15.9. The van der Waals surface area contributed by atoms with E-state index in [4.69, 9.17) is 0 Å². The highest BCUT2D eigenvalue weighted by atomic mass is 32.1. The van der Waals surface area contributed by atoms with Crippen LogP contribution in [-0.2, 0) is 4.79 Å². The average molecular weight is 352 g/mol. The molecule has 0 radical (unpaired) electrons. The molecule has 5 nitrogen and oxygen atoms in total. The Morgan fingerprint density at radius 3 is 2.58 bits per heavy atom. The predicted octanol–water partition coefficient (Wildman–Crippen LogP) is 2.64. The van der Waals surface area contributed by atoms with E-state index in [1.165, 1.54) is 11.3 Å². The van der Waals surface area contributed by atoms with E-state index in [9.17, 15) is 9.59 Å². The Hall–Kier alpha value is -1.40. The highest BCUT2D eigenvalue weighted by Gasteiger charge is 2.29. The van der Waals surface area contributed by atoms with Crippen molar-refractivity contribution in [3.8, 4) is 0 Å². The van der Waals surface area contributed by atoms with Gasteiger partial charge in [0.2, 0.25) is 5.91 Å². The molecule has 1 unspecified atom stereocenters. The molecule has 1 aromatic rings. The lowest BCUT2D eigenvalue weighted by Crippen LogP contribution is -2.55. The van der Waals surface area contributed by atoms with Gasteiger partial charge in [-0.2, -0.15) is 0 Å². The van der Waals surface area contributed by atoms with Crippen molar-refractivity contribution < 1.29 is 9.59 Å². The van der Waals surface area contributed by atoms with Crippen LogP contribution in [0.25, 0.3) is 0 Å². The third-order valence-corrected chi connectivity index (χ3v) is 5.75. The molecule has 0 spiro atoms. The molecule has 1 aromatic heterocycles. The molecule has 24 heavy (non-hydrogen) atoms. The van der Waals surface area contributed by atoms with Gasteiger partial charge in [0, 0.05) is 24.7 Å². The van der Waals surface area contributed by atoms with E-state index < -0.39 is 0 Å². The fourth-order valence-electron chi connectivity index (χ4n) is 2.79. The summed E-state index contributed by atoms with van der Waals surface area (Å²) in [5, 5.41) is 8.13. The normalized spacial score (nSPS) is 18.2. The van der Waals surface area contributed by atoms with Crippen molar-refractivity contribution in [2.75, 3.05) is 13.1 Å². The van der Waals surface area contributed by atoms with Crippen LogP contribution in [0.3, 0.4) is 0 Å². The van der Waals surface area contributed by atoms with Crippen LogP contribution in [0.5, 0.6) is 0 Å². The lowest BCUT2D eigenvalue weighted by atomic mass is 10.00. The third kappa shape index (κ3) is 5.05. The van der Waals surface area contributed by atoms with Crippen molar-refractivity contribution in [3.05, 3.63) is 22.4 Å². The molecule has 2 heterocycles. The molecule has 1 saturated heterocycles. The minimum absolute atomic E-state index is 0.0129. The number of nitrogens with one attached hydrogen (secondary N) is 2. The molecule has 0 aromatic carbocycles. The van der Waals surface area contributed by atoms with Crippen LogP contribution in [-0.4, -0.2) is 47.4 Å². The van der Waals surface area contributed by atoms with Crippen molar-refractivity contribution >= 4 is 23.2 Å². The van der Waals surface area contributed by atoms with Crippen LogP contribution in [0, 0.1) is 0 Å². The molecule has 0 bridgehead atoms. The summed E-state index contributed by atoms with van der Waals surface area (Å²) in [7, 11) is 0. The molecule has 1 aliphatic heterocycles. The molecular weight excluding hydrogens is 322 g/mol. The van der Waals surface area contributed by atoms with Crippen LogP contribution in [0.4, 0.5) is 0 Å². The largest absolute Gasteiger partial charge is 0.350 e. The number of thiophene rings is 1. The summed E-state index contributed by atoms with van der Waals surface area (Å²) in [6.07, 6.45) is 2.67. The van der Waals surface area contributed by atoms with Crippen molar-refractivity contribution in [3.63, 3.8) is 0 Å². The molecule has 0 aliphatic carbocycles. The quantitative estimate of drug-likeness (QED) is 0.828. The monoisotopic (exact) mass is 351 g/mol. The molecule has 0 saturated carbocycles. The summed E-state index contributed by atoms with van der Waals surface area (Å²) in [6.45, 7) is 9.79. The van der Waals surface area contributed by atoms with E-state index in [1.807, 2.05) is 38.3 Å². The number of rotatable bonds is 6. The van der Waals surface area contributed by atoms with Gasteiger partial charge in [-0.3, -0.25) is 14.5 Å². The van der Waals surface area contributed by atoms with Gasteiger partial charge in [0.15, 0.2) is 0 Å². The summed E-state index contributed by atoms with van der Waals surface area (Å²) in [6, 6.07) is 3.79. The molecule has 2 amide bonds. The zero-order valence-electron chi connectivity index (χ0n) is 15.1. The Morgan fingerprint density at radius 2 is 2.04 bits per heavy atom. The van der Waals surface area contributed by atoms with E-state index >= 15 is 0 Å². The van der Waals surface area contributed by atoms with E-state index in [1.54, 1.807) is 0 Å². The minimum atomic E-state index is -0.168. The molecule has 1 fully saturated rings. The van der Waals surface area contributed by atoms with Crippen molar-refractivity contribution in [2.45, 2.75) is 64.6 Å².